The van der Waals surface area contributed by atoms with Crippen LogP contribution in [-0.2, 0) is 16.2 Å². The lowest BCUT2D eigenvalue weighted by Crippen LogP contribution is -2.27. The number of hydrogen-bond donors (Lipinski definition) is 0. The first-order chi connectivity index (χ1) is 28.0. The highest BCUT2D eigenvalue weighted by Crippen LogP contribution is 2.65. The molecule has 0 aliphatic heterocycles. The Morgan fingerprint density at radius 3 is 1.26 bits per heavy atom. The Bertz CT molecular complexity index is 2690. The van der Waals surface area contributed by atoms with Crippen molar-refractivity contribution < 1.29 is 0 Å². The van der Waals surface area contributed by atoms with Crippen LogP contribution < -0.4 is 4.90 Å². The van der Waals surface area contributed by atoms with Gasteiger partial charge in [0.25, 0.3) is 0 Å². The molecule has 2 aliphatic carbocycles. The number of benzene rings is 8. The van der Waals surface area contributed by atoms with E-state index in [1.165, 1.54) is 83.6 Å². The highest BCUT2D eigenvalue weighted by molar-refractivity contribution is 6.01. The van der Waals surface area contributed by atoms with Crippen molar-refractivity contribution in [3.05, 3.63) is 221 Å². The van der Waals surface area contributed by atoms with Gasteiger partial charge in [-0.05, 0) is 113 Å². The third-order valence-corrected chi connectivity index (χ3v) is 12.6. The smallest absolute Gasteiger partial charge is 0.0726 e. The van der Waals surface area contributed by atoms with Gasteiger partial charge in [0, 0.05) is 16.9 Å². The second-order valence-corrected chi connectivity index (χ2v) is 18.2. The first-order valence-electron chi connectivity index (χ1n) is 20.7. The van der Waals surface area contributed by atoms with Crippen LogP contribution in [0.25, 0.3) is 44.5 Å². The SMILES string of the molecule is CC(C)(C)c1ccc2c(c1)C1(c3ccccc3-c3ccccc31)c1cc(C(C)(C)C)cc(N(c3ccc(-c4ccccc4)cc3)c3ccc(-c4ccccc4)cc3)c1-2. The molecule has 1 heteroatoms. The summed E-state index contributed by atoms with van der Waals surface area (Å²) in [4.78, 5) is 2.52. The number of rotatable bonds is 5. The molecule has 0 unspecified atom stereocenters. The van der Waals surface area contributed by atoms with Crippen LogP contribution in [0.5, 0.6) is 0 Å². The fraction of sp³-hybridized carbons (Fsp3) is 0.158. The summed E-state index contributed by atoms with van der Waals surface area (Å²) < 4.78 is 0. The van der Waals surface area contributed by atoms with Gasteiger partial charge in [0.2, 0.25) is 0 Å². The molecule has 282 valence electrons. The van der Waals surface area contributed by atoms with E-state index in [1.54, 1.807) is 0 Å². The lowest BCUT2D eigenvalue weighted by Gasteiger charge is -2.34. The van der Waals surface area contributed by atoms with Gasteiger partial charge in [-0.15, -0.1) is 0 Å². The van der Waals surface area contributed by atoms with Crippen LogP contribution in [-0.4, -0.2) is 0 Å². The van der Waals surface area contributed by atoms with Crippen molar-refractivity contribution in [3.8, 4) is 44.5 Å². The standard InChI is InChI=1S/C57H49N/c1-55(2,3)42-29-34-48-51(35-42)57(49-23-15-13-21-46(49)47-22-14-16-24-50(47)57)52-36-43(56(4,5)6)37-53(54(48)52)58(44-30-25-40(26-31-44)38-17-9-7-10-18-38)45-32-27-41(28-33-45)39-19-11-8-12-20-39/h7-37H,1-6H3. The minimum absolute atomic E-state index is 0.0188. The Kier molecular flexibility index (Phi) is 8.25. The Balaban J connectivity index is 1.30. The molecule has 2 aliphatic rings. The molecule has 8 aromatic carbocycles. The highest BCUT2D eigenvalue weighted by atomic mass is 15.1. The maximum absolute atomic E-state index is 2.56. The van der Waals surface area contributed by atoms with Crippen molar-refractivity contribution in [2.24, 2.45) is 0 Å². The van der Waals surface area contributed by atoms with Crippen molar-refractivity contribution in [1.82, 2.24) is 0 Å². The van der Waals surface area contributed by atoms with Gasteiger partial charge >= 0.3 is 0 Å². The molecule has 0 aromatic heterocycles. The van der Waals surface area contributed by atoms with Crippen molar-refractivity contribution >= 4 is 17.1 Å². The number of hydrogen-bond acceptors (Lipinski definition) is 1. The summed E-state index contributed by atoms with van der Waals surface area (Å²) in [5.41, 5.74) is 21.1. The number of nitrogens with zero attached hydrogens (tertiary/aromatic N) is 1. The minimum Gasteiger partial charge on any atom is -0.310 e. The van der Waals surface area contributed by atoms with Gasteiger partial charge in [-0.25, -0.2) is 0 Å². The van der Waals surface area contributed by atoms with E-state index < -0.39 is 5.41 Å². The second kappa shape index (κ2) is 13.3. The van der Waals surface area contributed by atoms with Gasteiger partial charge in [-0.3, -0.25) is 0 Å². The zero-order chi connectivity index (χ0) is 39.8. The van der Waals surface area contributed by atoms with E-state index in [2.05, 4.69) is 234 Å². The molecule has 0 saturated carbocycles. The minimum atomic E-state index is -0.477. The van der Waals surface area contributed by atoms with Crippen molar-refractivity contribution in [2.45, 2.75) is 57.8 Å². The van der Waals surface area contributed by atoms with Crippen LogP contribution in [0.2, 0.25) is 0 Å². The Hall–Kier alpha value is -6.44. The molecule has 8 aromatic rings. The largest absolute Gasteiger partial charge is 0.310 e. The van der Waals surface area contributed by atoms with Crippen LogP contribution >= 0.6 is 0 Å². The molecule has 0 amide bonds. The maximum Gasteiger partial charge on any atom is 0.0726 e. The first-order valence-corrected chi connectivity index (χ1v) is 20.7. The van der Waals surface area contributed by atoms with E-state index in [9.17, 15) is 0 Å². The second-order valence-electron chi connectivity index (χ2n) is 18.2. The number of anilines is 3. The summed E-state index contributed by atoms with van der Waals surface area (Å²) in [5.74, 6) is 0. The van der Waals surface area contributed by atoms with Crippen molar-refractivity contribution in [2.75, 3.05) is 4.90 Å². The summed E-state index contributed by atoms with van der Waals surface area (Å²) in [6, 6.07) is 70.4. The molecule has 0 fully saturated rings. The molecule has 10 rings (SSSR count). The Labute approximate surface area is 344 Å². The van der Waals surface area contributed by atoms with Gasteiger partial charge in [0.1, 0.15) is 0 Å². The Morgan fingerprint density at radius 1 is 0.345 bits per heavy atom. The fourth-order valence-corrected chi connectivity index (χ4v) is 9.61. The van der Waals surface area contributed by atoms with Crippen LogP contribution in [0.15, 0.2) is 188 Å². The predicted molar refractivity (Wildman–Crippen MR) is 246 cm³/mol. The van der Waals surface area contributed by atoms with E-state index >= 15 is 0 Å². The number of fused-ring (bicyclic) bond motifs is 10. The van der Waals surface area contributed by atoms with Gasteiger partial charge < -0.3 is 4.90 Å². The van der Waals surface area contributed by atoms with Crippen LogP contribution in [0.4, 0.5) is 17.1 Å². The average molecular weight is 748 g/mol. The third kappa shape index (κ3) is 5.59. The fourth-order valence-electron chi connectivity index (χ4n) is 9.61. The third-order valence-electron chi connectivity index (χ3n) is 12.6. The van der Waals surface area contributed by atoms with Crippen molar-refractivity contribution in [3.63, 3.8) is 0 Å². The average Bonchev–Trinajstić information content (AvgIpc) is 3.71. The van der Waals surface area contributed by atoms with E-state index in [0.717, 1.165) is 11.4 Å². The van der Waals surface area contributed by atoms with E-state index in [-0.39, 0.29) is 10.8 Å². The normalized spacial score (nSPS) is 13.5. The van der Waals surface area contributed by atoms with Crippen LogP contribution in [0.1, 0.15) is 74.9 Å². The molecule has 0 heterocycles. The predicted octanol–water partition coefficient (Wildman–Crippen LogP) is 15.4. The lowest BCUT2D eigenvalue weighted by molar-refractivity contribution is 0.586. The van der Waals surface area contributed by atoms with E-state index in [0.29, 0.717) is 0 Å². The molecule has 58 heavy (non-hydrogen) atoms. The van der Waals surface area contributed by atoms with Crippen LogP contribution in [0, 0.1) is 0 Å². The van der Waals surface area contributed by atoms with Gasteiger partial charge in [0.05, 0.1) is 11.1 Å². The zero-order valence-electron chi connectivity index (χ0n) is 34.3. The molecule has 0 radical (unpaired) electrons. The molecule has 1 spiro atoms. The molecule has 0 bridgehead atoms. The monoisotopic (exact) mass is 747 g/mol. The lowest BCUT2D eigenvalue weighted by atomic mass is 9.68. The summed E-state index contributed by atoms with van der Waals surface area (Å²) in [6.45, 7) is 14.1. The molecule has 0 N–H and O–H groups in total. The summed E-state index contributed by atoms with van der Waals surface area (Å²) in [5, 5.41) is 0. The topological polar surface area (TPSA) is 3.24 Å². The van der Waals surface area contributed by atoms with Crippen LogP contribution in [0.3, 0.4) is 0 Å². The Morgan fingerprint density at radius 2 is 0.776 bits per heavy atom. The molecule has 0 saturated heterocycles. The molecule has 0 atom stereocenters. The maximum atomic E-state index is 2.56. The molecular weight excluding hydrogens is 699 g/mol. The quantitative estimate of drug-likeness (QED) is 0.169. The van der Waals surface area contributed by atoms with Gasteiger partial charge in [-0.2, -0.15) is 0 Å². The van der Waals surface area contributed by atoms with Gasteiger partial charge in [0.15, 0.2) is 0 Å². The summed E-state index contributed by atoms with van der Waals surface area (Å²) in [6.07, 6.45) is 0. The van der Waals surface area contributed by atoms with E-state index in [1.807, 2.05) is 0 Å². The summed E-state index contributed by atoms with van der Waals surface area (Å²) >= 11 is 0. The van der Waals surface area contributed by atoms with Crippen molar-refractivity contribution in [1.29, 1.82) is 0 Å². The van der Waals surface area contributed by atoms with E-state index in [4.69, 9.17) is 0 Å². The van der Waals surface area contributed by atoms with Gasteiger partial charge in [-0.1, -0.05) is 199 Å². The molecular formula is C57H49N. The summed E-state index contributed by atoms with van der Waals surface area (Å²) in [7, 11) is 0. The molecule has 1 nitrogen and oxygen atoms in total. The first kappa shape index (κ1) is 35.9. The zero-order valence-corrected chi connectivity index (χ0v) is 34.3. The highest BCUT2D eigenvalue weighted by Gasteiger charge is 2.53.